The molecule has 0 aliphatic heterocycles. The molecule has 3 aromatic rings. The molecule has 0 fully saturated rings. The number of hydrogen-bond donors (Lipinski definition) is 2. The molecule has 1 heterocycles. The molecule has 0 unspecified atom stereocenters. The number of carbonyl (C=O) groups excluding carboxylic acids is 1. The van der Waals surface area contributed by atoms with Crippen LogP contribution in [0.4, 0.5) is 5.69 Å². The molecule has 0 aliphatic carbocycles. The molecule has 0 saturated heterocycles. The van der Waals surface area contributed by atoms with Crippen molar-refractivity contribution in [2.75, 3.05) is 12.3 Å². The van der Waals surface area contributed by atoms with Gasteiger partial charge < -0.3 is 15.5 Å². The minimum atomic E-state index is -0.407. The highest BCUT2D eigenvalue weighted by atomic mass is 16.5. The van der Waals surface area contributed by atoms with Crippen molar-refractivity contribution in [1.29, 1.82) is 5.26 Å². The zero-order valence-corrected chi connectivity index (χ0v) is 14.1. The molecule has 1 aromatic heterocycles. The van der Waals surface area contributed by atoms with Crippen molar-refractivity contribution in [3.63, 3.8) is 0 Å². The first-order valence-corrected chi connectivity index (χ1v) is 7.97. The Morgan fingerprint density at radius 1 is 1.08 bits per heavy atom. The van der Waals surface area contributed by atoms with Gasteiger partial charge in [0.25, 0.3) is 0 Å². The zero-order valence-electron chi connectivity index (χ0n) is 14.1. The van der Waals surface area contributed by atoms with E-state index in [9.17, 15) is 4.79 Å². The number of nitrogens with two attached hydrogens (primary N) is 1. The van der Waals surface area contributed by atoms with Crippen LogP contribution in [0.15, 0.2) is 79.0 Å². The predicted molar refractivity (Wildman–Crippen MR) is 102 cm³/mol. The van der Waals surface area contributed by atoms with Crippen LogP contribution in [-0.2, 0) is 4.74 Å². The SMILES string of the molecule is N#Cc1ccc[nH]1.Nc1ccccc1C(=O)OCC=Cc1ccccc1. The molecule has 3 rings (SSSR count). The number of nitrogens with one attached hydrogen (secondary N) is 1. The Morgan fingerprint density at radius 3 is 2.42 bits per heavy atom. The number of carbonyl (C=O) groups is 1. The molecule has 0 aliphatic rings. The number of nitrogen functional groups attached to an aromatic ring is 1. The minimum Gasteiger partial charge on any atom is -0.458 e. The number of benzene rings is 2. The normalized spacial score (nSPS) is 9.81. The van der Waals surface area contributed by atoms with E-state index in [1.54, 1.807) is 48.7 Å². The summed E-state index contributed by atoms with van der Waals surface area (Å²) in [7, 11) is 0. The maximum absolute atomic E-state index is 11.7. The summed E-state index contributed by atoms with van der Waals surface area (Å²) in [5.41, 5.74) is 8.21. The molecule has 2 aromatic carbocycles. The molecule has 5 heteroatoms. The van der Waals surface area contributed by atoms with Crippen molar-refractivity contribution in [3.8, 4) is 6.07 Å². The van der Waals surface area contributed by atoms with E-state index in [-0.39, 0.29) is 6.61 Å². The van der Waals surface area contributed by atoms with Gasteiger partial charge in [-0.15, -0.1) is 0 Å². The summed E-state index contributed by atoms with van der Waals surface area (Å²) in [4.78, 5) is 14.5. The third kappa shape index (κ3) is 6.02. The summed E-state index contributed by atoms with van der Waals surface area (Å²) < 4.78 is 5.12. The molecule has 3 N–H and O–H groups in total. The number of anilines is 1. The Morgan fingerprint density at radius 2 is 1.81 bits per heavy atom. The van der Waals surface area contributed by atoms with Gasteiger partial charge in [-0.25, -0.2) is 4.79 Å². The van der Waals surface area contributed by atoms with Gasteiger partial charge in [-0.2, -0.15) is 5.26 Å². The fourth-order valence-electron chi connectivity index (χ4n) is 2.03. The van der Waals surface area contributed by atoms with Gasteiger partial charge >= 0.3 is 5.97 Å². The smallest absolute Gasteiger partial charge is 0.340 e. The highest BCUT2D eigenvalue weighted by Crippen LogP contribution is 2.11. The Balaban J connectivity index is 0.000000290. The largest absolute Gasteiger partial charge is 0.458 e. The summed E-state index contributed by atoms with van der Waals surface area (Å²) in [6.07, 6.45) is 5.42. The van der Waals surface area contributed by atoms with Crippen molar-refractivity contribution < 1.29 is 9.53 Å². The maximum atomic E-state index is 11.7. The second-order valence-electron chi connectivity index (χ2n) is 5.19. The van der Waals surface area contributed by atoms with E-state index in [1.165, 1.54) is 0 Å². The molecule has 0 spiro atoms. The number of esters is 1. The number of para-hydroxylation sites is 1. The van der Waals surface area contributed by atoms with Crippen LogP contribution >= 0.6 is 0 Å². The number of ether oxygens (including phenoxy) is 1. The van der Waals surface area contributed by atoms with Crippen molar-refractivity contribution in [3.05, 3.63) is 95.8 Å². The Hall–Kier alpha value is -3.78. The highest BCUT2D eigenvalue weighted by molar-refractivity contribution is 5.95. The molecule has 0 atom stereocenters. The minimum absolute atomic E-state index is 0.224. The van der Waals surface area contributed by atoms with Crippen LogP contribution in [0, 0.1) is 11.3 Å². The van der Waals surface area contributed by atoms with Gasteiger partial charge in [0, 0.05) is 11.9 Å². The first-order chi connectivity index (χ1) is 12.7. The van der Waals surface area contributed by atoms with E-state index in [2.05, 4.69) is 4.98 Å². The van der Waals surface area contributed by atoms with Crippen LogP contribution in [0.1, 0.15) is 21.6 Å². The van der Waals surface area contributed by atoms with Crippen LogP contribution in [0.25, 0.3) is 6.08 Å². The van der Waals surface area contributed by atoms with Crippen LogP contribution < -0.4 is 5.73 Å². The standard InChI is InChI=1S/C16H15NO2.C5H4N2/c17-15-11-5-4-10-14(15)16(18)19-12-6-9-13-7-2-1-3-8-13;6-4-5-2-1-3-7-5/h1-11H,12,17H2;1-3,7H. The van der Waals surface area contributed by atoms with Crippen molar-refractivity contribution >= 4 is 17.7 Å². The van der Waals surface area contributed by atoms with Crippen LogP contribution in [0.5, 0.6) is 0 Å². The molecule has 0 bridgehead atoms. The zero-order chi connectivity index (χ0) is 18.6. The monoisotopic (exact) mass is 345 g/mol. The molecule has 0 amide bonds. The Kier molecular flexibility index (Phi) is 7.25. The Bertz CT molecular complexity index is 879. The van der Waals surface area contributed by atoms with E-state index < -0.39 is 5.97 Å². The average molecular weight is 345 g/mol. The van der Waals surface area contributed by atoms with Crippen LogP contribution in [0.2, 0.25) is 0 Å². The van der Waals surface area contributed by atoms with E-state index in [4.69, 9.17) is 15.7 Å². The van der Waals surface area contributed by atoms with E-state index >= 15 is 0 Å². The van der Waals surface area contributed by atoms with Gasteiger partial charge in [0.05, 0.1) is 5.56 Å². The lowest BCUT2D eigenvalue weighted by atomic mass is 10.2. The fourth-order valence-corrected chi connectivity index (χ4v) is 2.03. The number of H-pyrrole nitrogens is 1. The number of hydrogen-bond acceptors (Lipinski definition) is 4. The summed E-state index contributed by atoms with van der Waals surface area (Å²) in [5.74, 6) is -0.407. The van der Waals surface area contributed by atoms with Crippen molar-refractivity contribution in [2.24, 2.45) is 0 Å². The Labute approximate surface area is 152 Å². The summed E-state index contributed by atoms with van der Waals surface area (Å²) in [6, 6.07) is 22.2. The number of nitriles is 1. The van der Waals surface area contributed by atoms with Crippen molar-refractivity contribution in [2.45, 2.75) is 0 Å². The summed E-state index contributed by atoms with van der Waals surface area (Å²) in [6.45, 7) is 0.224. The predicted octanol–water partition coefficient (Wildman–Crippen LogP) is 4.03. The van der Waals surface area contributed by atoms with Crippen molar-refractivity contribution in [1.82, 2.24) is 4.98 Å². The summed E-state index contributed by atoms with van der Waals surface area (Å²) >= 11 is 0. The topological polar surface area (TPSA) is 91.9 Å². The molecule has 130 valence electrons. The third-order valence-electron chi connectivity index (χ3n) is 3.32. The lowest BCUT2D eigenvalue weighted by Gasteiger charge is -2.04. The quantitative estimate of drug-likeness (QED) is 0.552. The van der Waals surface area contributed by atoms with Gasteiger partial charge in [-0.1, -0.05) is 48.5 Å². The number of rotatable bonds is 4. The molecule has 0 radical (unpaired) electrons. The lowest BCUT2D eigenvalue weighted by Crippen LogP contribution is -2.07. The fraction of sp³-hybridized carbons (Fsp3) is 0.0476. The van der Waals surface area contributed by atoms with E-state index in [1.807, 2.05) is 42.5 Å². The number of aromatic amines is 1. The first kappa shape index (κ1) is 18.6. The molecular weight excluding hydrogens is 326 g/mol. The van der Waals surface area contributed by atoms with E-state index in [0.29, 0.717) is 16.9 Å². The molecule has 5 nitrogen and oxygen atoms in total. The second kappa shape index (κ2) is 10.2. The molecule has 0 saturated carbocycles. The van der Waals surface area contributed by atoms with Gasteiger partial charge in [0.2, 0.25) is 0 Å². The van der Waals surface area contributed by atoms with Gasteiger partial charge in [-0.3, -0.25) is 0 Å². The molecular formula is C21H19N3O2. The average Bonchev–Trinajstić information content (AvgIpc) is 3.21. The van der Waals surface area contributed by atoms with Gasteiger partial charge in [-0.05, 0) is 35.9 Å². The van der Waals surface area contributed by atoms with Crippen LogP contribution in [-0.4, -0.2) is 17.6 Å². The van der Waals surface area contributed by atoms with Gasteiger partial charge in [0.15, 0.2) is 0 Å². The van der Waals surface area contributed by atoms with Gasteiger partial charge in [0.1, 0.15) is 18.4 Å². The third-order valence-corrected chi connectivity index (χ3v) is 3.32. The maximum Gasteiger partial charge on any atom is 0.340 e. The van der Waals surface area contributed by atoms with Crippen LogP contribution in [0.3, 0.4) is 0 Å². The van der Waals surface area contributed by atoms with E-state index in [0.717, 1.165) is 5.56 Å². The first-order valence-electron chi connectivity index (χ1n) is 7.97. The number of nitrogens with zero attached hydrogens (tertiary/aromatic N) is 1. The highest BCUT2D eigenvalue weighted by Gasteiger charge is 2.08. The molecule has 26 heavy (non-hydrogen) atoms. The lowest BCUT2D eigenvalue weighted by molar-refractivity contribution is 0.0551. The second-order valence-corrected chi connectivity index (χ2v) is 5.19. The number of aromatic nitrogens is 1. The summed E-state index contributed by atoms with van der Waals surface area (Å²) in [5, 5.41) is 8.15.